The molecule has 2 heterocycles. The second-order valence-electron chi connectivity index (χ2n) is 4.53. The van der Waals surface area contributed by atoms with Gasteiger partial charge in [0.25, 0.3) is 0 Å². The van der Waals surface area contributed by atoms with Gasteiger partial charge in [-0.1, -0.05) is 0 Å². The normalized spacial score (nSPS) is 18.6. The zero-order chi connectivity index (χ0) is 14.4. The monoisotopic (exact) mass is 282 g/mol. The molecule has 1 aliphatic rings. The van der Waals surface area contributed by atoms with Crippen LogP contribution in [0.4, 0.5) is 17.5 Å². The van der Waals surface area contributed by atoms with E-state index in [0.29, 0.717) is 6.54 Å². The molecule has 20 heavy (non-hydrogen) atoms. The molecule has 110 valence electrons. The molecule has 1 fully saturated rings. The summed E-state index contributed by atoms with van der Waals surface area (Å²) in [6.45, 7) is 1.34. The van der Waals surface area contributed by atoms with E-state index in [2.05, 4.69) is 20.7 Å². The highest BCUT2D eigenvalue weighted by Crippen LogP contribution is 2.22. The number of nitrogens with one attached hydrogen (secondary N) is 2. The lowest BCUT2D eigenvalue weighted by atomic mass is 10.1. The van der Waals surface area contributed by atoms with Gasteiger partial charge in [0, 0.05) is 13.2 Å². The molecule has 0 amide bonds. The molecular weight excluding hydrogens is 264 g/mol. The van der Waals surface area contributed by atoms with Gasteiger partial charge in [0.05, 0.1) is 11.0 Å². The number of hydrazine groups is 1. The van der Waals surface area contributed by atoms with Crippen LogP contribution in [0, 0.1) is 10.1 Å². The maximum atomic E-state index is 10.9. The van der Waals surface area contributed by atoms with E-state index in [1.807, 2.05) is 0 Å². The van der Waals surface area contributed by atoms with Crippen LogP contribution in [0.5, 0.6) is 0 Å². The van der Waals surface area contributed by atoms with Gasteiger partial charge in [-0.25, -0.2) is 10.8 Å². The predicted molar refractivity (Wildman–Crippen MR) is 73.2 cm³/mol. The highest BCUT2D eigenvalue weighted by Gasteiger charge is 2.18. The fourth-order valence-corrected chi connectivity index (χ4v) is 2.10. The number of ether oxygens (including phenoxy) is 1. The zero-order valence-electron chi connectivity index (χ0n) is 11.0. The first-order valence-corrected chi connectivity index (χ1v) is 6.54. The van der Waals surface area contributed by atoms with Crippen LogP contribution in [0.3, 0.4) is 0 Å². The van der Waals surface area contributed by atoms with Crippen LogP contribution in [0.2, 0.25) is 0 Å². The highest BCUT2D eigenvalue weighted by molar-refractivity contribution is 5.56. The Morgan fingerprint density at radius 3 is 3.05 bits per heavy atom. The molecule has 0 bridgehead atoms. The fourth-order valence-electron chi connectivity index (χ4n) is 2.10. The van der Waals surface area contributed by atoms with Gasteiger partial charge in [-0.3, -0.25) is 15.5 Å². The SMILES string of the molecule is NNc1ncc([N+](=O)[O-])c(NCCC2CCCCO2)n1. The average molecular weight is 282 g/mol. The molecule has 9 heteroatoms. The first-order valence-electron chi connectivity index (χ1n) is 6.54. The first kappa shape index (κ1) is 14.4. The third-order valence-electron chi connectivity index (χ3n) is 3.13. The van der Waals surface area contributed by atoms with Crippen molar-refractivity contribution in [3.63, 3.8) is 0 Å². The van der Waals surface area contributed by atoms with Gasteiger partial charge in [0.15, 0.2) is 0 Å². The van der Waals surface area contributed by atoms with E-state index in [1.165, 1.54) is 6.42 Å². The lowest BCUT2D eigenvalue weighted by Crippen LogP contribution is -2.22. The van der Waals surface area contributed by atoms with Gasteiger partial charge in [-0.05, 0) is 25.7 Å². The third kappa shape index (κ3) is 3.75. The van der Waals surface area contributed by atoms with Gasteiger partial charge >= 0.3 is 5.69 Å². The fraction of sp³-hybridized carbons (Fsp3) is 0.636. The summed E-state index contributed by atoms with van der Waals surface area (Å²) in [5.41, 5.74) is 2.09. The number of nitrogen functional groups attached to an aromatic ring is 1. The zero-order valence-corrected chi connectivity index (χ0v) is 11.0. The molecule has 1 aromatic rings. The minimum atomic E-state index is -0.528. The van der Waals surface area contributed by atoms with Crippen LogP contribution in [-0.2, 0) is 4.74 Å². The van der Waals surface area contributed by atoms with Crippen molar-refractivity contribution < 1.29 is 9.66 Å². The quantitative estimate of drug-likeness (QED) is 0.401. The van der Waals surface area contributed by atoms with E-state index in [4.69, 9.17) is 10.6 Å². The van der Waals surface area contributed by atoms with E-state index in [-0.39, 0.29) is 23.6 Å². The van der Waals surface area contributed by atoms with Crippen molar-refractivity contribution in [2.45, 2.75) is 31.8 Å². The van der Waals surface area contributed by atoms with Crippen molar-refractivity contribution >= 4 is 17.5 Å². The summed E-state index contributed by atoms with van der Waals surface area (Å²) in [6, 6.07) is 0. The molecule has 1 unspecified atom stereocenters. The van der Waals surface area contributed by atoms with Crippen LogP contribution in [0.15, 0.2) is 6.20 Å². The first-order chi connectivity index (χ1) is 9.70. The third-order valence-corrected chi connectivity index (χ3v) is 3.13. The van der Waals surface area contributed by atoms with E-state index >= 15 is 0 Å². The molecule has 1 aliphatic heterocycles. The Kier molecular flexibility index (Phi) is 5.02. The van der Waals surface area contributed by atoms with E-state index < -0.39 is 4.92 Å². The van der Waals surface area contributed by atoms with Crippen LogP contribution < -0.4 is 16.6 Å². The molecule has 0 radical (unpaired) electrons. The number of nitrogens with two attached hydrogens (primary N) is 1. The molecule has 1 atom stereocenters. The van der Waals surface area contributed by atoms with Crippen molar-refractivity contribution in [1.82, 2.24) is 9.97 Å². The van der Waals surface area contributed by atoms with Crippen LogP contribution >= 0.6 is 0 Å². The summed E-state index contributed by atoms with van der Waals surface area (Å²) >= 11 is 0. The molecule has 0 saturated carbocycles. The van der Waals surface area contributed by atoms with E-state index in [9.17, 15) is 10.1 Å². The number of aromatic nitrogens is 2. The highest BCUT2D eigenvalue weighted by atomic mass is 16.6. The minimum Gasteiger partial charge on any atom is -0.378 e. The molecule has 2 rings (SSSR count). The summed E-state index contributed by atoms with van der Waals surface area (Å²) in [7, 11) is 0. The molecule has 1 aromatic heterocycles. The van der Waals surface area contributed by atoms with Crippen LogP contribution in [0.25, 0.3) is 0 Å². The smallest absolute Gasteiger partial charge is 0.329 e. The largest absolute Gasteiger partial charge is 0.378 e. The number of nitrogens with zero attached hydrogens (tertiary/aromatic N) is 3. The Hall–Kier alpha value is -2.00. The number of nitro groups is 1. The maximum absolute atomic E-state index is 10.9. The second-order valence-corrected chi connectivity index (χ2v) is 4.53. The lowest BCUT2D eigenvalue weighted by Gasteiger charge is -2.22. The van der Waals surface area contributed by atoms with Crippen molar-refractivity contribution in [1.29, 1.82) is 0 Å². The molecule has 0 spiro atoms. The average Bonchev–Trinajstić information content (AvgIpc) is 2.48. The predicted octanol–water partition coefficient (Wildman–Crippen LogP) is 1.04. The van der Waals surface area contributed by atoms with Crippen molar-refractivity contribution in [3.05, 3.63) is 16.3 Å². The van der Waals surface area contributed by atoms with Crippen molar-refractivity contribution in [2.24, 2.45) is 5.84 Å². The van der Waals surface area contributed by atoms with E-state index in [0.717, 1.165) is 32.1 Å². The van der Waals surface area contributed by atoms with Gasteiger partial charge in [0.2, 0.25) is 11.8 Å². The van der Waals surface area contributed by atoms with Gasteiger partial charge < -0.3 is 10.1 Å². The van der Waals surface area contributed by atoms with Crippen LogP contribution in [0.1, 0.15) is 25.7 Å². The summed E-state index contributed by atoms with van der Waals surface area (Å²) < 4.78 is 5.60. The minimum absolute atomic E-state index is 0.131. The maximum Gasteiger partial charge on any atom is 0.329 e. The molecule has 9 nitrogen and oxygen atoms in total. The summed E-state index contributed by atoms with van der Waals surface area (Å²) in [5.74, 6) is 5.49. The van der Waals surface area contributed by atoms with Gasteiger partial charge in [-0.15, -0.1) is 0 Å². The van der Waals surface area contributed by atoms with Crippen molar-refractivity contribution in [3.8, 4) is 0 Å². The standard InChI is InChI=1S/C11H18N6O3/c12-16-11-14-7-9(17(18)19)10(15-11)13-5-4-8-3-1-2-6-20-8/h7-8H,1-6,12H2,(H2,13,14,15,16). The molecule has 4 N–H and O–H groups in total. The molecular formula is C11H18N6O3. The van der Waals surface area contributed by atoms with Crippen molar-refractivity contribution in [2.75, 3.05) is 23.9 Å². The topological polar surface area (TPSA) is 128 Å². The molecule has 0 aliphatic carbocycles. The Morgan fingerprint density at radius 1 is 1.55 bits per heavy atom. The molecule has 0 aromatic carbocycles. The summed E-state index contributed by atoms with van der Waals surface area (Å²) in [4.78, 5) is 18.0. The Balaban J connectivity index is 1.94. The summed E-state index contributed by atoms with van der Waals surface area (Å²) in [5, 5.41) is 13.8. The lowest BCUT2D eigenvalue weighted by molar-refractivity contribution is -0.384. The van der Waals surface area contributed by atoms with Gasteiger partial charge in [0.1, 0.15) is 6.20 Å². The Bertz CT molecular complexity index is 463. The number of anilines is 2. The Morgan fingerprint density at radius 2 is 2.40 bits per heavy atom. The second kappa shape index (κ2) is 6.96. The number of hydrogen-bond donors (Lipinski definition) is 3. The molecule has 1 saturated heterocycles. The summed E-state index contributed by atoms with van der Waals surface area (Å²) in [6.07, 6.45) is 5.42. The Labute approximate surface area is 116 Å². The van der Waals surface area contributed by atoms with Gasteiger partial charge in [-0.2, -0.15) is 4.98 Å². The van der Waals surface area contributed by atoms with E-state index in [1.54, 1.807) is 0 Å². The number of hydrogen-bond acceptors (Lipinski definition) is 8. The number of rotatable bonds is 6. The van der Waals surface area contributed by atoms with Crippen LogP contribution in [-0.4, -0.2) is 34.1 Å².